The van der Waals surface area contributed by atoms with Gasteiger partial charge in [0.2, 0.25) is 0 Å². The van der Waals surface area contributed by atoms with Crippen molar-refractivity contribution >= 4 is 21.7 Å². The second kappa shape index (κ2) is 3.62. The van der Waals surface area contributed by atoms with Gasteiger partial charge in [0.1, 0.15) is 6.20 Å². The molecule has 0 saturated carbocycles. The number of pyridine rings is 1. The molecule has 0 unspecified atom stereocenters. The van der Waals surface area contributed by atoms with E-state index in [1.807, 2.05) is 6.92 Å². The Morgan fingerprint density at radius 2 is 2.42 bits per heavy atom. The molecule has 12 heavy (non-hydrogen) atoms. The van der Waals surface area contributed by atoms with Gasteiger partial charge < -0.3 is 10.1 Å². The van der Waals surface area contributed by atoms with Gasteiger partial charge in [-0.1, -0.05) is 22.9 Å². The van der Waals surface area contributed by atoms with Crippen LogP contribution in [-0.4, -0.2) is 9.91 Å². The minimum absolute atomic E-state index is 0.126. The molecule has 4 nitrogen and oxygen atoms in total. The van der Waals surface area contributed by atoms with Gasteiger partial charge in [0.25, 0.3) is 0 Å². The van der Waals surface area contributed by atoms with E-state index in [9.17, 15) is 10.1 Å². The third-order valence-electron chi connectivity index (χ3n) is 1.48. The van der Waals surface area contributed by atoms with E-state index in [4.69, 9.17) is 0 Å². The molecule has 0 atom stereocenters. The summed E-state index contributed by atoms with van der Waals surface area (Å²) in [6, 6.07) is 1.42. The molecule has 1 rings (SSSR count). The van der Waals surface area contributed by atoms with Crippen LogP contribution in [0.5, 0.6) is 0 Å². The highest BCUT2D eigenvalue weighted by molar-refractivity contribution is 9.10. The van der Waals surface area contributed by atoms with E-state index in [1.54, 1.807) is 0 Å². The largest absolute Gasteiger partial charge is 0.364 e. The van der Waals surface area contributed by atoms with Crippen molar-refractivity contribution < 1.29 is 4.92 Å². The van der Waals surface area contributed by atoms with Crippen LogP contribution in [-0.2, 0) is 6.42 Å². The van der Waals surface area contributed by atoms with E-state index >= 15 is 0 Å². The minimum atomic E-state index is -0.510. The zero-order valence-electron chi connectivity index (χ0n) is 6.45. The quantitative estimate of drug-likeness (QED) is 0.579. The fourth-order valence-electron chi connectivity index (χ4n) is 0.809. The zero-order valence-corrected chi connectivity index (χ0v) is 8.04. The summed E-state index contributed by atoms with van der Waals surface area (Å²) in [5.41, 5.74) is 0.973. The van der Waals surface area contributed by atoms with Crippen molar-refractivity contribution in [3.05, 3.63) is 32.4 Å². The highest BCUT2D eigenvalue weighted by atomic mass is 79.9. The third-order valence-corrected chi connectivity index (χ3v) is 2.22. The highest BCUT2D eigenvalue weighted by Crippen LogP contribution is 2.20. The fraction of sp³-hybridized carbons (Fsp3) is 0.286. The summed E-state index contributed by atoms with van der Waals surface area (Å²) < 4.78 is 0.742. The Labute approximate surface area is 77.9 Å². The predicted octanol–water partition coefficient (Wildman–Crippen LogP) is 2.31. The van der Waals surface area contributed by atoms with Crippen LogP contribution < -0.4 is 0 Å². The number of hydrogen-bond acceptors (Lipinski definition) is 3. The molecular formula is C7H7BrN2O2. The number of hydrogen-bond donors (Lipinski definition) is 0. The first-order chi connectivity index (χ1) is 5.65. The van der Waals surface area contributed by atoms with Crippen LogP contribution in [0.15, 0.2) is 16.7 Å². The molecular weight excluding hydrogens is 224 g/mol. The average molecular weight is 231 g/mol. The van der Waals surface area contributed by atoms with E-state index in [0.29, 0.717) is 0 Å². The van der Waals surface area contributed by atoms with Crippen LogP contribution in [0.2, 0.25) is 0 Å². The lowest BCUT2D eigenvalue weighted by molar-refractivity contribution is -0.389. The molecule has 0 amide bonds. The van der Waals surface area contributed by atoms with Crippen LogP contribution in [0.1, 0.15) is 12.5 Å². The van der Waals surface area contributed by atoms with Gasteiger partial charge >= 0.3 is 5.82 Å². The summed E-state index contributed by atoms with van der Waals surface area (Å²) in [7, 11) is 0. The second-order valence-corrected chi connectivity index (χ2v) is 3.10. The van der Waals surface area contributed by atoms with Crippen LogP contribution >= 0.6 is 15.9 Å². The van der Waals surface area contributed by atoms with Gasteiger partial charge in [-0.15, -0.1) is 0 Å². The maximum atomic E-state index is 10.3. The molecule has 1 aromatic heterocycles. The highest BCUT2D eigenvalue weighted by Gasteiger charge is 2.09. The summed E-state index contributed by atoms with van der Waals surface area (Å²) in [5.74, 6) is -0.126. The lowest BCUT2D eigenvalue weighted by atomic mass is 10.2. The molecule has 0 saturated heterocycles. The van der Waals surface area contributed by atoms with Crippen LogP contribution in [0.3, 0.4) is 0 Å². The maximum absolute atomic E-state index is 10.3. The molecule has 1 aromatic rings. The molecule has 0 spiro atoms. The van der Waals surface area contributed by atoms with Gasteiger partial charge in [0, 0.05) is 10.0 Å². The summed E-state index contributed by atoms with van der Waals surface area (Å²) in [6.45, 7) is 1.97. The number of nitro groups is 1. The Kier molecular flexibility index (Phi) is 2.75. The molecule has 0 aliphatic rings. The number of aryl methyl sites for hydroxylation is 1. The predicted molar refractivity (Wildman–Crippen MR) is 48.0 cm³/mol. The van der Waals surface area contributed by atoms with E-state index in [1.165, 1.54) is 12.3 Å². The molecule has 0 fully saturated rings. The van der Waals surface area contributed by atoms with E-state index in [2.05, 4.69) is 20.9 Å². The van der Waals surface area contributed by atoms with Gasteiger partial charge in [0.05, 0.1) is 6.07 Å². The van der Waals surface area contributed by atoms with Crippen molar-refractivity contribution in [2.24, 2.45) is 0 Å². The van der Waals surface area contributed by atoms with Crippen LogP contribution in [0.4, 0.5) is 5.82 Å². The van der Waals surface area contributed by atoms with Crippen LogP contribution in [0, 0.1) is 10.1 Å². The van der Waals surface area contributed by atoms with Gasteiger partial charge in [0.15, 0.2) is 0 Å². The molecule has 0 N–H and O–H groups in total. The number of rotatable bonds is 2. The van der Waals surface area contributed by atoms with Crippen molar-refractivity contribution in [1.82, 2.24) is 4.98 Å². The topological polar surface area (TPSA) is 56.0 Å². The lowest BCUT2D eigenvalue weighted by Crippen LogP contribution is -1.93. The molecule has 64 valence electrons. The number of halogens is 1. The fourth-order valence-corrected chi connectivity index (χ4v) is 1.40. The first-order valence-corrected chi connectivity index (χ1v) is 4.23. The first kappa shape index (κ1) is 9.12. The van der Waals surface area contributed by atoms with E-state index in [-0.39, 0.29) is 5.82 Å². The molecule has 5 heteroatoms. The van der Waals surface area contributed by atoms with Gasteiger partial charge in [-0.2, -0.15) is 0 Å². The Hall–Kier alpha value is -0.970. The molecule has 0 radical (unpaired) electrons. The van der Waals surface area contributed by atoms with Crippen molar-refractivity contribution in [2.75, 3.05) is 0 Å². The standard InChI is InChI=1S/C7H7BrN2O2/c1-2-5-4-9-7(10(11)12)3-6(5)8/h3-4H,2H2,1H3. The monoisotopic (exact) mass is 230 g/mol. The molecule has 0 aliphatic heterocycles. The summed E-state index contributed by atoms with van der Waals surface area (Å²) >= 11 is 3.23. The Morgan fingerprint density at radius 3 is 2.83 bits per heavy atom. The van der Waals surface area contributed by atoms with Gasteiger partial charge in [-0.25, -0.2) is 0 Å². The second-order valence-electron chi connectivity index (χ2n) is 2.24. The molecule has 1 heterocycles. The third kappa shape index (κ3) is 1.79. The van der Waals surface area contributed by atoms with Crippen molar-refractivity contribution in [3.8, 4) is 0 Å². The van der Waals surface area contributed by atoms with E-state index in [0.717, 1.165) is 16.5 Å². The summed E-state index contributed by atoms with van der Waals surface area (Å²) in [5, 5.41) is 10.3. The molecule has 0 bridgehead atoms. The maximum Gasteiger partial charge on any atom is 0.364 e. The summed E-state index contributed by atoms with van der Waals surface area (Å²) in [6.07, 6.45) is 2.33. The average Bonchev–Trinajstić information content (AvgIpc) is 2.04. The van der Waals surface area contributed by atoms with Crippen molar-refractivity contribution in [1.29, 1.82) is 0 Å². The number of aromatic nitrogens is 1. The smallest absolute Gasteiger partial charge is 0.358 e. The lowest BCUT2D eigenvalue weighted by Gasteiger charge is -1.97. The zero-order chi connectivity index (χ0) is 9.14. The van der Waals surface area contributed by atoms with E-state index < -0.39 is 4.92 Å². The van der Waals surface area contributed by atoms with Gasteiger partial charge in [-0.05, 0) is 16.3 Å². The molecule has 0 aliphatic carbocycles. The Bertz CT molecular complexity index is 314. The van der Waals surface area contributed by atoms with Crippen molar-refractivity contribution in [2.45, 2.75) is 13.3 Å². The van der Waals surface area contributed by atoms with Gasteiger partial charge in [-0.3, -0.25) is 0 Å². The number of nitrogens with zero attached hydrogens (tertiary/aromatic N) is 2. The summed E-state index contributed by atoms with van der Waals surface area (Å²) in [4.78, 5) is 13.4. The Morgan fingerprint density at radius 1 is 1.75 bits per heavy atom. The minimum Gasteiger partial charge on any atom is -0.358 e. The van der Waals surface area contributed by atoms with Crippen molar-refractivity contribution in [3.63, 3.8) is 0 Å². The van der Waals surface area contributed by atoms with Crippen LogP contribution in [0.25, 0.3) is 0 Å². The normalized spacial score (nSPS) is 9.83. The SMILES string of the molecule is CCc1cnc([N+](=O)[O-])cc1Br. The molecule has 0 aromatic carbocycles. The Balaban J connectivity index is 3.10. The first-order valence-electron chi connectivity index (χ1n) is 3.44.